The molecular weight excluding hydrogens is 417 g/mol. The number of hydrogen-bond acceptors (Lipinski definition) is 3. The average Bonchev–Trinajstić information content (AvgIpc) is 2.99. The van der Waals surface area contributed by atoms with Gasteiger partial charge in [-0.2, -0.15) is 0 Å². The molecule has 0 unspecified atom stereocenters. The predicted octanol–water partition coefficient (Wildman–Crippen LogP) is 2.95. The summed E-state index contributed by atoms with van der Waals surface area (Å²) in [5.41, 5.74) is 1.53. The smallest absolute Gasteiger partial charge is 0.231 e. The van der Waals surface area contributed by atoms with Gasteiger partial charge in [-0.3, -0.25) is 4.99 Å². The summed E-state index contributed by atoms with van der Waals surface area (Å²) < 4.78 is 10.9. The van der Waals surface area contributed by atoms with Crippen LogP contribution in [-0.4, -0.2) is 32.4 Å². The first-order valence-corrected chi connectivity index (χ1v) is 8.31. The molecule has 0 atom stereocenters. The normalized spacial score (nSPS) is 20.6. The van der Waals surface area contributed by atoms with E-state index in [1.54, 1.807) is 0 Å². The van der Waals surface area contributed by atoms with Crippen LogP contribution in [0.15, 0.2) is 35.3 Å². The monoisotopic (exact) mass is 441 g/mol. The van der Waals surface area contributed by atoms with Crippen LogP contribution in [0.4, 0.5) is 0 Å². The molecule has 1 aliphatic heterocycles. The number of nitrogens with zero attached hydrogens (tertiary/aromatic N) is 1. The molecule has 0 saturated heterocycles. The van der Waals surface area contributed by atoms with E-state index in [1.165, 1.54) is 18.4 Å². The number of nitrogens with one attached hydrogen (secondary N) is 2. The lowest BCUT2D eigenvalue weighted by Crippen LogP contribution is -2.45. The molecule has 0 aromatic heterocycles. The van der Waals surface area contributed by atoms with Gasteiger partial charge in [-0.05, 0) is 43.4 Å². The molecule has 5 nitrogen and oxygen atoms in total. The Bertz CT molecular complexity index is 648. The van der Waals surface area contributed by atoms with Crippen molar-refractivity contribution in [3.63, 3.8) is 0 Å². The molecule has 0 amide bonds. The van der Waals surface area contributed by atoms with Gasteiger partial charge < -0.3 is 20.1 Å². The molecule has 24 heavy (non-hydrogen) atoms. The van der Waals surface area contributed by atoms with Gasteiger partial charge in [0, 0.05) is 25.0 Å². The fourth-order valence-electron chi connectivity index (χ4n) is 3.32. The largest absolute Gasteiger partial charge is 0.454 e. The van der Waals surface area contributed by atoms with Crippen LogP contribution >= 0.6 is 24.0 Å². The molecule has 0 radical (unpaired) electrons. The molecule has 4 rings (SSSR count). The average molecular weight is 441 g/mol. The van der Waals surface area contributed by atoms with Crippen LogP contribution in [0.5, 0.6) is 11.5 Å². The summed E-state index contributed by atoms with van der Waals surface area (Å²) in [4.78, 5) is 4.36. The van der Waals surface area contributed by atoms with Gasteiger partial charge in [-0.1, -0.05) is 18.2 Å². The fourth-order valence-corrected chi connectivity index (χ4v) is 3.32. The molecule has 6 heteroatoms. The number of rotatable bonds is 4. The Labute approximate surface area is 159 Å². The highest BCUT2D eigenvalue weighted by atomic mass is 127. The molecule has 0 bridgehead atoms. The van der Waals surface area contributed by atoms with E-state index in [0.717, 1.165) is 36.8 Å². The molecular formula is C18H24IN3O2. The molecule has 2 N–H and O–H groups in total. The van der Waals surface area contributed by atoms with E-state index in [2.05, 4.69) is 39.9 Å². The minimum atomic E-state index is 0. The van der Waals surface area contributed by atoms with Crippen LogP contribution in [0.1, 0.15) is 31.2 Å². The van der Waals surface area contributed by atoms with Gasteiger partial charge in [0.15, 0.2) is 17.5 Å². The SMILES string of the molecule is CN=C(NCC1(c2ccc3c(c2)OCO3)CC1)NC1CC=CC1.I. The molecule has 1 heterocycles. The van der Waals surface area contributed by atoms with Crippen molar-refractivity contribution in [3.05, 3.63) is 35.9 Å². The van der Waals surface area contributed by atoms with Gasteiger partial charge in [0.2, 0.25) is 6.79 Å². The van der Waals surface area contributed by atoms with Crippen molar-refractivity contribution >= 4 is 29.9 Å². The maximum absolute atomic E-state index is 5.51. The van der Waals surface area contributed by atoms with Gasteiger partial charge in [-0.25, -0.2) is 0 Å². The Hall–Kier alpha value is -1.44. The first kappa shape index (κ1) is 17.4. The summed E-state index contributed by atoms with van der Waals surface area (Å²) in [5.74, 6) is 2.61. The number of ether oxygens (including phenoxy) is 2. The lowest BCUT2D eigenvalue weighted by molar-refractivity contribution is 0.174. The molecule has 0 spiro atoms. The molecule has 1 saturated carbocycles. The van der Waals surface area contributed by atoms with Crippen LogP contribution < -0.4 is 20.1 Å². The number of hydrogen-bond donors (Lipinski definition) is 2. The van der Waals surface area contributed by atoms with Crippen LogP contribution in [0, 0.1) is 0 Å². The van der Waals surface area contributed by atoms with E-state index in [-0.39, 0.29) is 29.4 Å². The van der Waals surface area contributed by atoms with E-state index in [0.29, 0.717) is 12.8 Å². The van der Waals surface area contributed by atoms with E-state index in [4.69, 9.17) is 9.47 Å². The van der Waals surface area contributed by atoms with Gasteiger partial charge in [0.25, 0.3) is 0 Å². The van der Waals surface area contributed by atoms with Crippen LogP contribution in [-0.2, 0) is 5.41 Å². The second kappa shape index (κ2) is 7.21. The number of fused-ring (bicyclic) bond motifs is 1. The quantitative estimate of drug-likeness (QED) is 0.327. The highest BCUT2D eigenvalue weighted by molar-refractivity contribution is 14.0. The van der Waals surface area contributed by atoms with Crippen molar-refractivity contribution in [3.8, 4) is 11.5 Å². The highest BCUT2D eigenvalue weighted by Crippen LogP contribution is 2.49. The van der Waals surface area contributed by atoms with Gasteiger partial charge in [0.05, 0.1) is 0 Å². The van der Waals surface area contributed by atoms with Crippen molar-refractivity contribution in [2.24, 2.45) is 4.99 Å². The zero-order valence-corrected chi connectivity index (χ0v) is 16.2. The minimum Gasteiger partial charge on any atom is -0.454 e. The summed E-state index contributed by atoms with van der Waals surface area (Å²) in [7, 11) is 1.83. The van der Waals surface area contributed by atoms with Gasteiger partial charge in [0.1, 0.15) is 0 Å². The fraction of sp³-hybridized carbons (Fsp3) is 0.500. The molecule has 130 valence electrons. The summed E-state index contributed by atoms with van der Waals surface area (Å²) >= 11 is 0. The van der Waals surface area contributed by atoms with Crippen molar-refractivity contribution in [2.45, 2.75) is 37.1 Å². The second-order valence-electron chi connectivity index (χ2n) is 6.56. The lowest BCUT2D eigenvalue weighted by atomic mass is 9.95. The van der Waals surface area contributed by atoms with Crippen molar-refractivity contribution < 1.29 is 9.47 Å². The molecule has 1 aromatic carbocycles. The lowest BCUT2D eigenvalue weighted by Gasteiger charge is -2.21. The Balaban J connectivity index is 0.00000169. The maximum Gasteiger partial charge on any atom is 0.231 e. The Morgan fingerprint density at radius 2 is 1.96 bits per heavy atom. The summed E-state index contributed by atoms with van der Waals surface area (Å²) in [6, 6.07) is 6.80. The third-order valence-corrected chi connectivity index (χ3v) is 5.01. The zero-order valence-electron chi connectivity index (χ0n) is 13.9. The molecule has 3 aliphatic rings. The van der Waals surface area contributed by atoms with Crippen molar-refractivity contribution in [2.75, 3.05) is 20.4 Å². The van der Waals surface area contributed by atoms with Crippen LogP contribution in [0.25, 0.3) is 0 Å². The third-order valence-electron chi connectivity index (χ3n) is 5.01. The topological polar surface area (TPSA) is 54.9 Å². The number of aliphatic imine (C=N–C) groups is 1. The Morgan fingerprint density at radius 1 is 1.21 bits per heavy atom. The minimum absolute atomic E-state index is 0. The van der Waals surface area contributed by atoms with Crippen LogP contribution in [0.2, 0.25) is 0 Å². The van der Waals surface area contributed by atoms with Crippen LogP contribution in [0.3, 0.4) is 0 Å². The van der Waals surface area contributed by atoms with Gasteiger partial charge >= 0.3 is 0 Å². The van der Waals surface area contributed by atoms with Gasteiger partial charge in [-0.15, -0.1) is 24.0 Å². The number of benzene rings is 1. The molecule has 2 aliphatic carbocycles. The van der Waals surface area contributed by atoms with E-state index in [9.17, 15) is 0 Å². The second-order valence-corrected chi connectivity index (χ2v) is 6.56. The first-order valence-electron chi connectivity index (χ1n) is 8.31. The molecule has 1 aromatic rings. The maximum atomic E-state index is 5.51. The van der Waals surface area contributed by atoms with E-state index >= 15 is 0 Å². The summed E-state index contributed by atoms with van der Waals surface area (Å²) in [6.45, 7) is 1.22. The van der Waals surface area contributed by atoms with Crippen molar-refractivity contribution in [1.82, 2.24) is 10.6 Å². The third kappa shape index (κ3) is 3.48. The summed E-state index contributed by atoms with van der Waals surface area (Å²) in [6.07, 6.45) is 8.99. The van der Waals surface area contributed by atoms with E-state index in [1.807, 2.05) is 13.1 Å². The molecule has 1 fully saturated rings. The predicted molar refractivity (Wildman–Crippen MR) is 106 cm³/mol. The zero-order chi connectivity index (χ0) is 15.7. The standard InChI is InChI=1S/C18H23N3O2.HI/c1-19-17(21-14-4-2-3-5-14)20-11-18(8-9-18)13-6-7-15-16(10-13)23-12-22-15;/h2-3,6-7,10,14H,4-5,8-9,11-12H2,1H3,(H2,19,20,21);1H. The first-order chi connectivity index (χ1) is 11.3. The number of guanidine groups is 1. The Kier molecular flexibility index (Phi) is 5.22. The van der Waals surface area contributed by atoms with Crippen molar-refractivity contribution in [1.29, 1.82) is 0 Å². The van der Waals surface area contributed by atoms with E-state index < -0.39 is 0 Å². The highest BCUT2D eigenvalue weighted by Gasteiger charge is 2.44. The number of halogens is 1. The Morgan fingerprint density at radius 3 is 2.67 bits per heavy atom. The summed E-state index contributed by atoms with van der Waals surface area (Å²) in [5, 5.41) is 7.00.